The van der Waals surface area contributed by atoms with Gasteiger partial charge in [-0.05, 0) is 35.0 Å². The van der Waals surface area contributed by atoms with Crippen LogP contribution in [0, 0.1) is 5.92 Å². The largest absolute Gasteiger partial charge is 0.494 e. The second-order valence-corrected chi connectivity index (χ2v) is 4.70. The molecule has 1 aromatic carbocycles. The Labute approximate surface area is 112 Å². The zero-order chi connectivity index (χ0) is 13.7. The minimum absolute atomic E-state index is 0.593. The van der Waals surface area contributed by atoms with Crippen molar-refractivity contribution in [1.82, 2.24) is 25.5 Å². The molecule has 0 saturated carbocycles. The third-order valence-corrected chi connectivity index (χ3v) is 2.68. The van der Waals surface area contributed by atoms with E-state index in [1.807, 2.05) is 24.3 Å². The van der Waals surface area contributed by atoms with Gasteiger partial charge < -0.3 is 10.1 Å². The molecule has 6 nitrogen and oxygen atoms in total. The summed E-state index contributed by atoms with van der Waals surface area (Å²) in [6, 6.07) is 7.68. The molecule has 102 valence electrons. The maximum absolute atomic E-state index is 5.33. The number of hydrogen-bond acceptors (Lipinski definition) is 5. The van der Waals surface area contributed by atoms with Crippen LogP contribution < -0.4 is 10.1 Å². The number of ether oxygens (including phenoxy) is 1. The fourth-order valence-electron chi connectivity index (χ4n) is 1.78. The van der Waals surface area contributed by atoms with Gasteiger partial charge >= 0.3 is 0 Å². The van der Waals surface area contributed by atoms with Crippen LogP contribution in [0.5, 0.6) is 5.75 Å². The van der Waals surface area contributed by atoms with Crippen molar-refractivity contribution < 1.29 is 4.74 Å². The van der Waals surface area contributed by atoms with Gasteiger partial charge in [0.15, 0.2) is 5.82 Å². The molecule has 0 amide bonds. The highest BCUT2D eigenvalue weighted by molar-refractivity contribution is 5.46. The number of rotatable bonds is 6. The number of aromatic nitrogens is 4. The van der Waals surface area contributed by atoms with Crippen LogP contribution in [-0.4, -0.2) is 33.9 Å². The number of benzene rings is 1. The van der Waals surface area contributed by atoms with Gasteiger partial charge in [0, 0.05) is 0 Å². The molecule has 0 aliphatic carbocycles. The van der Waals surface area contributed by atoms with Gasteiger partial charge in [-0.15, -0.1) is 5.10 Å². The lowest BCUT2D eigenvalue weighted by molar-refractivity contribution is 0.410. The van der Waals surface area contributed by atoms with Crippen molar-refractivity contribution in [3.8, 4) is 11.4 Å². The maximum Gasteiger partial charge on any atom is 0.170 e. The van der Waals surface area contributed by atoms with E-state index >= 15 is 0 Å². The number of para-hydroxylation sites is 2. The van der Waals surface area contributed by atoms with Gasteiger partial charge in [0.05, 0.1) is 13.7 Å². The first kappa shape index (κ1) is 13.5. The van der Waals surface area contributed by atoms with E-state index < -0.39 is 0 Å². The number of nitrogens with zero attached hydrogens (tertiary/aromatic N) is 4. The average molecular weight is 261 g/mol. The summed E-state index contributed by atoms with van der Waals surface area (Å²) in [7, 11) is 1.64. The Kier molecular flexibility index (Phi) is 4.46. The van der Waals surface area contributed by atoms with Crippen LogP contribution in [0.25, 0.3) is 5.69 Å². The van der Waals surface area contributed by atoms with Crippen molar-refractivity contribution >= 4 is 0 Å². The van der Waals surface area contributed by atoms with Crippen LogP contribution >= 0.6 is 0 Å². The SMILES string of the molecule is COc1ccccc1-n1nnnc1CNCC(C)C. The summed E-state index contributed by atoms with van der Waals surface area (Å²) in [4.78, 5) is 0. The second-order valence-electron chi connectivity index (χ2n) is 4.70. The van der Waals surface area contributed by atoms with Crippen molar-refractivity contribution in [1.29, 1.82) is 0 Å². The normalized spacial score (nSPS) is 10.9. The Morgan fingerprint density at radius 1 is 1.32 bits per heavy atom. The summed E-state index contributed by atoms with van der Waals surface area (Å²) in [5, 5.41) is 15.1. The van der Waals surface area contributed by atoms with Crippen molar-refractivity contribution in [2.75, 3.05) is 13.7 Å². The van der Waals surface area contributed by atoms with E-state index in [-0.39, 0.29) is 0 Å². The molecule has 0 saturated heterocycles. The molecule has 1 N–H and O–H groups in total. The van der Waals surface area contributed by atoms with Crippen molar-refractivity contribution in [3.05, 3.63) is 30.1 Å². The maximum atomic E-state index is 5.33. The van der Waals surface area contributed by atoms with Crippen LogP contribution in [-0.2, 0) is 6.54 Å². The predicted octanol–water partition coefficient (Wildman–Crippen LogP) is 1.42. The van der Waals surface area contributed by atoms with Gasteiger partial charge in [-0.25, -0.2) is 0 Å². The summed E-state index contributed by atoms with van der Waals surface area (Å²) in [5.41, 5.74) is 0.844. The molecule has 1 heterocycles. The van der Waals surface area contributed by atoms with E-state index in [4.69, 9.17) is 4.74 Å². The topological polar surface area (TPSA) is 64.9 Å². The van der Waals surface area contributed by atoms with Gasteiger partial charge in [-0.2, -0.15) is 4.68 Å². The van der Waals surface area contributed by atoms with Gasteiger partial charge in [-0.3, -0.25) is 0 Å². The van der Waals surface area contributed by atoms with E-state index in [0.29, 0.717) is 12.5 Å². The lowest BCUT2D eigenvalue weighted by Crippen LogP contribution is -2.21. The van der Waals surface area contributed by atoms with E-state index in [1.165, 1.54) is 0 Å². The molecule has 0 fully saturated rings. The summed E-state index contributed by atoms with van der Waals surface area (Å²) in [5.74, 6) is 2.11. The summed E-state index contributed by atoms with van der Waals surface area (Å²) >= 11 is 0. The lowest BCUT2D eigenvalue weighted by atomic mass is 10.2. The fourth-order valence-corrected chi connectivity index (χ4v) is 1.78. The molecule has 19 heavy (non-hydrogen) atoms. The predicted molar refractivity (Wildman–Crippen MR) is 72.3 cm³/mol. The molecule has 0 unspecified atom stereocenters. The Hall–Kier alpha value is -1.95. The van der Waals surface area contributed by atoms with Crippen molar-refractivity contribution in [3.63, 3.8) is 0 Å². The van der Waals surface area contributed by atoms with Crippen LogP contribution in [0.2, 0.25) is 0 Å². The fraction of sp³-hybridized carbons (Fsp3) is 0.462. The first-order chi connectivity index (χ1) is 9.22. The van der Waals surface area contributed by atoms with Gasteiger partial charge in [0.2, 0.25) is 0 Å². The molecule has 2 rings (SSSR count). The molecule has 0 atom stereocenters. The number of hydrogen-bond donors (Lipinski definition) is 1. The zero-order valence-electron chi connectivity index (χ0n) is 11.5. The molecule has 0 radical (unpaired) electrons. The van der Waals surface area contributed by atoms with Gasteiger partial charge in [-0.1, -0.05) is 26.0 Å². The summed E-state index contributed by atoms with van der Waals surface area (Å²) in [6.45, 7) is 5.88. The van der Waals surface area contributed by atoms with Crippen LogP contribution in [0.15, 0.2) is 24.3 Å². The highest BCUT2D eigenvalue weighted by Gasteiger charge is 2.11. The van der Waals surface area contributed by atoms with E-state index in [9.17, 15) is 0 Å². The molecule has 0 aliphatic rings. The molecule has 1 aromatic heterocycles. The quantitative estimate of drug-likeness (QED) is 0.852. The Morgan fingerprint density at radius 3 is 2.84 bits per heavy atom. The summed E-state index contributed by atoms with van der Waals surface area (Å²) in [6.07, 6.45) is 0. The molecule has 2 aromatic rings. The van der Waals surface area contributed by atoms with Crippen molar-refractivity contribution in [2.45, 2.75) is 20.4 Å². The van der Waals surface area contributed by atoms with Gasteiger partial charge in [0.25, 0.3) is 0 Å². The monoisotopic (exact) mass is 261 g/mol. The Balaban J connectivity index is 2.19. The molecule has 0 spiro atoms. The molecule has 0 aliphatic heterocycles. The number of nitrogens with one attached hydrogen (secondary N) is 1. The lowest BCUT2D eigenvalue weighted by Gasteiger charge is -2.10. The third kappa shape index (κ3) is 3.29. The van der Waals surface area contributed by atoms with Crippen LogP contribution in [0.3, 0.4) is 0 Å². The smallest absolute Gasteiger partial charge is 0.170 e. The standard InChI is InChI=1S/C13H19N5O/c1-10(2)8-14-9-13-15-16-17-18(13)11-6-4-5-7-12(11)19-3/h4-7,10,14H,8-9H2,1-3H3. The van der Waals surface area contributed by atoms with E-state index in [0.717, 1.165) is 23.8 Å². The van der Waals surface area contributed by atoms with Gasteiger partial charge in [0.1, 0.15) is 11.4 Å². The van der Waals surface area contributed by atoms with Crippen LogP contribution in [0.1, 0.15) is 19.7 Å². The second kappa shape index (κ2) is 6.29. The summed E-state index contributed by atoms with van der Waals surface area (Å²) < 4.78 is 7.03. The average Bonchev–Trinajstić information content (AvgIpc) is 2.86. The molecule has 6 heteroatoms. The molecular formula is C13H19N5O. The minimum atomic E-state index is 0.593. The number of tetrazole rings is 1. The van der Waals surface area contributed by atoms with Crippen LogP contribution in [0.4, 0.5) is 0 Å². The first-order valence-electron chi connectivity index (χ1n) is 6.33. The zero-order valence-corrected chi connectivity index (χ0v) is 11.5. The van der Waals surface area contributed by atoms with E-state index in [2.05, 4.69) is 34.7 Å². The highest BCUT2D eigenvalue weighted by atomic mass is 16.5. The Morgan fingerprint density at radius 2 is 2.11 bits per heavy atom. The molecular weight excluding hydrogens is 242 g/mol. The third-order valence-electron chi connectivity index (χ3n) is 2.68. The number of methoxy groups -OCH3 is 1. The van der Waals surface area contributed by atoms with E-state index in [1.54, 1.807) is 11.8 Å². The Bertz CT molecular complexity index is 523. The highest BCUT2D eigenvalue weighted by Crippen LogP contribution is 2.21. The molecule has 0 bridgehead atoms. The van der Waals surface area contributed by atoms with Crippen molar-refractivity contribution in [2.24, 2.45) is 5.92 Å². The minimum Gasteiger partial charge on any atom is -0.494 e. The first-order valence-corrected chi connectivity index (χ1v) is 6.33.